The Balaban J connectivity index is 1.71. The number of fused-ring (bicyclic) bond motifs is 1. The Hall–Kier alpha value is -4.07. The summed E-state index contributed by atoms with van der Waals surface area (Å²) in [4.78, 5) is 21.5. The third-order valence-electron chi connectivity index (χ3n) is 5.24. The second-order valence-corrected chi connectivity index (χ2v) is 8.78. The highest BCUT2D eigenvalue weighted by Gasteiger charge is 2.27. The van der Waals surface area contributed by atoms with E-state index >= 15 is 0 Å². The largest absolute Gasteiger partial charge is 0.387 e. The zero-order valence-corrected chi connectivity index (χ0v) is 19.6. The van der Waals surface area contributed by atoms with E-state index < -0.39 is 17.7 Å². The quantitative estimate of drug-likeness (QED) is 0.356. The van der Waals surface area contributed by atoms with Gasteiger partial charge in [-0.05, 0) is 50.2 Å². The molecule has 0 radical (unpaired) electrons. The summed E-state index contributed by atoms with van der Waals surface area (Å²) in [5.74, 6) is -0.151. The fourth-order valence-electron chi connectivity index (χ4n) is 3.25. The van der Waals surface area contributed by atoms with Crippen LogP contribution in [0.4, 0.5) is 15.9 Å². The lowest BCUT2D eigenvalue weighted by molar-refractivity contribution is -0.00177. The molecule has 0 bridgehead atoms. The number of nitrogens with zero attached hydrogens (tertiary/aromatic N) is 5. The molecule has 0 aromatic carbocycles. The Morgan fingerprint density at radius 2 is 2.03 bits per heavy atom. The van der Waals surface area contributed by atoms with Crippen molar-refractivity contribution < 1.29 is 14.3 Å². The highest BCUT2D eigenvalue weighted by molar-refractivity contribution is 6.30. The van der Waals surface area contributed by atoms with Crippen molar-refractivity contribution in [2.24, 2.45) is 0 Å². The maximum atomic E-state index is 14.2. The minimum absolute atomic E-state index is 0.147. The van der Waals surface area contributed by atoms with Gasteiger partial charge in [-0.1, -0.05) is 11.6 Å². The highest BCUT2D eigenvalue weighted by Crippen LogP contribution is 2.27. The number of nitrogens with one attached hydrogen (secondary N) is 2. The van der Waals surface area contributed by atoms with E-state index in [0.717, 1.165) is 0 Å². The van der Waals surface area contributed by atoms with Gasteiger partial charge in [0.25, 0.3) is 5.91 Å². The topological polar surface area (TPSA) is 128 Å². The molecule has 178 valence electrons. The number of amides is 1. The van der Waals surface area contributed by atoms with Crippen LogP contribution in [-0.4, -0.2) is 48.9 Å². The van der Waals surface area contributed by atoms with Gasteiger partial charge in [0.2, 0.25) is 0 Å². The SMILES string of the molecule is CC(C)(O)C(F)CNC(=O)c1cnc(-c2ccc3cc(C#N)cnn23)cc1Nc1ccc(Cl)cn1. The smallest absolute Gasteiger partial charge is 0.255 e. The molecular formula is C24H21ClFN7O2. The van der Waals surface area contributed by atoms with Crippen LogP contribution in [0, 0.1) is 11.3 Å². The van der Waals surface area contributed by atoms with E-state index in [0.29, 0.717) is 39.0 Å². The second kappa shape index (κ2) is 9.66. The lowest BCUT2D eigenvalue weighted by Gasteiger charge is -2.22. The summed E-state index contributed by atoms with van der Waals surface area (Å²) in [7, 11) is 0. The Morgan fingerprint density at radius 1 is 1.23 bits per heavy atom. The van der Waals surface area contributed by atoms with Crippen molar-refractivity contribution in [2.45, 2.75) is 25.6 Å². The van der Waals surface area contributed by atoms with Gasteiger partial charge in [-0.25, -0.2) is 13.9 Å². The molecule has 0 fully saturated rings. The summed E-state index contributed by atoms with van der Waals surface area (Å²) in [6, 6.07) is 12.3. The van der Waals surface area contributed by atoms with Crippen LogP contribution in [0.1, 0.15) is 29.8 Å². The van der Waals surface area contributed by atoms with Crippen molar-refractivity contribution in [3.8, 4) is 17.5 Å². The van der Waals surface area contributed by atoms with Crippen LogP contribution in [0.2, 0.25) is 5.02 Å². The maximum absolute atomic E-state index is 14.2. The minimum Gasteiger partial charge on any atom is -0.387 e. The third-order valence-corrected chi connectivity index (χ3v) is 5.46. The first-order chi connectivity index (χ1) is 16.7. The van der Waals surface area contributed by atoms with E-state index in [4.69, 9.17) is 16.9 Å². The number of aliphatic hydroxyl groups is 1. The van der Waals surface area contributed by atoms with Crippen LogP contribution in [-0.2, 0) is 0 Å². The number of carbonyl (C=O) groups is 1. The van der Waals surface area contributed by atoms with E-state index in [1.807, 2.05) is 0 Å². The molecule has 0 aliphatic carbocycles. The number of aromatic nitrogens is 4. The van der Waals surface area contributed by atoms with Crippen LogP contribution in [0.15, 0.2) is 55.0 Å². The van der Waals surface area contributed by atoms with Crippen LogP contribution in [0.5, 0.6) is 0 Å². The van der Waals surface area contributed by atoms with Gasteiger partial charge in [-0.3, -0.25) is 9.78 Å². The number of hydrogen-bond acceptors (Lipinski definition) is 7. The minimum atomic E-state index is -1.66. The van der Waals surface area contributed by atoms with Gasteiger partial charge in [0.1, 0.15) is 18.1 Å². The standard InChI is InChI=1S/C24H21ClFN7O2/c1-24(2,35)21(26)13-30-23(34)17-12-28-19(8-18(17)32-22-6-3-15(25)11-29-22)20-5-4-16-7-14(9-27)10-31-33(16)20/h3-8,10-12,21,35H,13H2,1-2H3,(H,30,34)(H,28,29,32). The molecule has 35 heavy (non-hydrogen) atoms. The van der Waals surface area contributed by atoms with Crippen LogP contribution < -0.4 is 10.6 Å². The van der Waals surface area contributed by atoms with Gasteiger partial charge >= 0.3 is 0 Å². The third kappa shape index (κ3) is 5.37. The first kappa shape index (κ1) is 24.1. The molecule has 1 amide bonds. The van der Waals surface area contributed by atoms with E-state index in [9.17, 15) is 14.3 Å². The molecule has 4 aromatic rings. The number of nitriles is 1. The van der Waals surface area contributed by atoms with Crippen LogP contribution in [0.3, 0.4) is 0 Å². The second-order valence-electron chi connectivity index (χ2n) is 8.34. The van der Waals surface area contributed by atoms with Gasteiger partial charge < -0.3 is 15.7 Å². The molecule has 9 nitrogen and oxygen atoms in total. The Morgan fingerprint density at radius 3 is 2.71 bits per heavy atom. The number of alkyl halides is 1. The van der Waals surface area contributed by atoms with Crippen molar-refractivity contribution in [1.29, 1.82) is 5.26 Å². The van der Waals surface area contributed by atoms with Crippen molar-refractivity contribution in [2.75, 3.05) is 11.9 Å². The monoisotopic (exact) mass is 493 g/mol. The van der Waals surface area contributed by atoms with E-state index in [-0.39, 0.29) is 12.1 Å². The molecule has 4 heterocycles. The normalized spacial score (nSPS) is 12.2. The van der Waals surface area contributed by atoms with Crippen molar-refractivity contribution >= 4 is 34.5 Å². The molecule has 0 saturated heterocycles. The molecule has 0 aliphatic rings. The zero-order chi connectivity index (χ0) is 25.2. The summed E-state index contributed by atoms with van der Waals surface area (Å²) in [5, 5.41) is 29.2. The lowest BCUT2D eigenvalue weighted by Crippen LogP contribution is -2.42. The molecule has 4 rings (SSSR count). The number of anilines is 2. The van der Waals surface area contributed by atoms with Crippen molar-refractivity contribution in [3.63, 3.8) is 0 Å². The Kier molecular flexibility index (Phi) is 6.64. The van der Waals surface area contributed by atoms with Gasteiger partial charge in [-0.2, -0.15) is 10.4 Å². The lowest BCUT2D eigenvalue weighted by atomic mass is 10.0. The molecule has 1 atom stereocenters. The summed E-state index contributed by atoms with van der Waals surface area (Å²) < 4.78 is 15.8. The molecule has 1 unspecified atom stereocenters. The zero-order valence-electron chi connectivity index (χ0n) is 18.8. The van der Waals surface area contributed by atoms with Crippen LogP contribution >= 0.6 is 11.6 Å². The Labute approximate surface area is 205 Å². The molecule has 0 saturated carbocycles. The predicted octanol–water partition coefficient (Wildman–Crippen LogP) is 3.90. The highest BCUT2D eigenvalue weighted by atomic mass is 35.5. The summed E-state index contributed by atoms with van der Waals surface area (Å²) in [6.07, 6.45) is 2.61. The fourth-order valence-corrected chi connectivity index (χ4v) is 3.36. The number of hydrogen-bond donors (Lipinski definition) is 3. The summed E-state index contributed by atoms with van der Waals surface area (Å²) in [6.45, 7) is 2.28. The molecule has 0 aliphatic heterocycles. The van der Waals surface area contributed by atoms with Crippen molar-refractivity contribution in [1.82, 2.24) is 24.9 Å². The van der Waals surface area contributed by atoms with E-state index in [1.165, 1.54) is 32.4 Å². The maximum Gasteiger partial charge on any atom is 0.255 e. The summed E-state index contributed by atoms with van der Waals surface area (Å²) >= 11 is 5.92. The number of halogens is 2. The van der Waals surface area contributed by atoms with Gasteiger partial charge in [0, 0.05) is 12.4 Å². The summed E-state index contributed by atoms with van der Waals surface area (Å²) in [5.41, 5.74) is 1.17. The molecule has 3 N–H and O–H groups in total. The average Bonchev–Trinajstić information content (AvgIpc) is 3.26. The average molecular weight is 494 g/mol. The van der Waals surface area contributed by atoms with E-state index in [1.54, 1.807) is 40.9 Å². The van der Waals surface area contributed by atoms with Crippen molar-refractivity contribution in [3.05, 3.63) is 71.1 Å². The van der Waals surface area contributed by atoms with E-state index in [2.05, 4.69) is 31.8 Å². The number of carbonyl (C=O) groups excluding carboxylic acids is 1. The predicted molar refractivity (Wildman–Crippen MR) is 129 cm³/mol. The first-order valence-electron chi connectivity index (χ1n) is 10.6. The first-order valence-corrected chi connectivity index (χ1v) is 10.9. The van der Waals surface area contributed by atoms with Crippen LogP contribution in [0.25, 0.3) is 16.9 Å². The van der Waals surface area contributed by atoms with Gasteiger partial charge in [0.15, 0.2) is 0 Å². The molecule has 4 aromatic heterocycles. The van der Waals surface area contributed by atoms with Gasteiger partial charge in [0.05, 0.1) is 57.1 Å². The number of rotatable bonds is 7. The Bertz CT molecular complexity index is 1420. The molecule has 0 spiro atoms. The molecular weight excluding hydrogens is 473 g/mol. The fraction of sp³-hybridized carbons (Fsp3) is 0.208. The molecule has 11 heteroatoms. The number of pyridine rings is 2. The van der Waals surface area contributed by atoms with Gasteiger partial charge in [-0.15, -0.1) is 0 Å².